The summed E-state index contributed by atoms with van der Waals surface area (Å²) in [5, 5.41) is 0. The minimum atomic E-state index is -2.87. The van der Waals surface area contributed by atoms with Crippen LogP contribution in [0.15, 0.2) is 0 Å². The Morgan fingerprint density at radius 2 is 2.08 bits per heavy atom. The van der Waals surface area contributed by atoms with E-state index in [1.165, 1.54) is 0 Å². The smallest absolute Gasteiger partial charge is 0.151 e. The molecule has 0 aromatic rings. The van der Waals surface area contributed by atoms with Crippen molar-refractivity contribution < 1.29 is 8.42 Å². The van der Waals surface area contributed by atoms with E-state index in [9.17, 15) is 8.42 Å². The highest BCUT2D eigenvalue weighted by molar-refractivity contribution is 7.91. The van der Waals surface area contributed by atoms with Crippen LogP contribution in [0.1, 0.15) is 32.6 Å². The Kier molecular flexibility index (Phi) is 3.74. The average Bonchev–Trinajstić information content (AvgIpc) is 2.82. The number of unbranched alkanes of at least 4 members (excludes halogenated alkanes) is 1. The van der Waals surface area contributed by atoms with E-state index < -0.39 is 9.84 Å². The molecule has 0 spiro atoms. The van der Waals surface area contributed by atoms with Crippen molar-refractivity contribution in [3.63, 3.8) is 0 Å². The lowest BCUT2D eigenvalue weighted by atomic mass is 10.2. The topological polar surface area (TPSA) is 60.2 Å². The minimum Gasteiger partial charge on any atom is -0.327 e. The monoisotopic (exact) mass is 205 g/mol. The van der Waals surface area contributed by atoms with Gasteiger partial charge in [0.15, 0.2) is 9.84 Å². The molecule has 0 amide bonds. The molecule has 3 nitrogen and oxygen atoms in total. The lowest BCUT2D eigenvalue weighted by Gasteiger charge is -2.10. The lowest BCUT2D eigenvalue weighted by molar-refractivity contribution is 0.571. The lowest BCUT2D eigenvalue weighted by Crippen LogP contribution is -2.32. The third kappa shape index (κ3) is 4.09. The summed E-state index contributed by atoms with van der Waals surface area (Å²) in [4.78, 5) is 0. The van der Waals surface area contributed by atoms with E-state index >= 15 is 0 Å². The van der Waals surface area contributed by atoms with Gasteiger partial charge in [0, 0.05) is 6.04 Å². The molecule has 1 aliphatic carbocycles. The fraction of sp³-hybridized carbons (Fsp3) is 1.00. The van der Waals surface area contributed by atoms with Gasteiger partial charge in [0.05, 0.1) is 11.5 Å². The Labute approximate surface area is 80.6 Å². The summed E-state index contributed by atoms with van der Waals surface area (Å²) >= 11 is 0. The summed E-state index contributed by atoms with van der Waals surface area (Å²) < 4.78 is 22.9. The minimum absolute atomic E-state index is 0.109. The van der Waals surface area contributed by atoms with Crippen LogP contribution < -0.4 is 5.73 Å². The number of sulfone groups is 1. The Morgan fingerprint density at radius 3 is 2.54 bits per heavy atom. The fourth-order valence-electron chi connectivity index (χ4n) is 1.40. The summed E-state index contributed by atoms with van der Waals surface area (Å²) in [5.74, 6) is 0.984. The molecule has 2 N–H and O–H groups in total. The standard InChI is InChI=1S/C9H19NO2S/c1-2-3-6-13(11,12)7-9(10)8-4-5-8/h8-9H,2-7,10H2,1H3. The second-order valence-electron chi connectivity index (χ2n) is 3.97. The van der Waals surface area contributed by atoms with Crippen LogP contribution in [0.4, 0.5) is 0 Å². The SMILES string of the molecule is CCCCS(=O)(=O)CC(N)C1CC1. The quantitative estimate of drug-likeness (QED) is 0.702. The number of nitrogens with two attached hydrogens (primary N) is 1. The highest BCUT2D eigenvalue weighted by Crippen LogP contribution is 2.32. The summed E-state index contributed by atoms with van der Waals surface area (Å²) in [6.45, 7) is 2.00. The molecule has 78 valence electrons. The molecule has 0 aromatic carbocycles. The predicted molar refractivity (Wildman–Crippen MR) is 54.3 cm³/mol. The van der Waals surface area contributed by atoms with E-state index in [0.29, 0.717) is 11.7 Å². The van der Waals surface area contributed by atoms with E-state index in [1.54, 1.807) is 0 Å². The van der Waals surface area contributed by atoms with Crippen molar-refractivity contribution in [2.24, 2.45) is 11.7 Å². The van der Waals surface area contributed by atoms with Crippen molar-refractivity contribution in [3.8, 4) is 0 Å². The van der Waals surface area contributed by atoms with E-state index in [1.807, 2.05) is 6.92 Å². The number of hydrogen-bond donors (Lipinski definition) is 1. The van der Waals surface area contributed by atoms with Crippen LogP contribution in [0.5, 0.6) is 0 Å². The first-order valence-electron chi connectivity index (χ1n) is 5.01. The van der Waals surface area contributed by atoms with Gasteiger partial charge in [0.2, 0.25) is 0 Å². The molecule has 0 bridgehead atoms. The van der Waals surface area contributed by atoms with Crippen molar-refractivity contribution in [1.29, 1.82) is 0 Å². The molecule has 1 unspecified atom stereocenters. The third-order valence-electron chi connectivity index (χ3n) is 2.48. The summed E-state index contributed by atoms with van der Waals surface area (Å²) in [6, 6.07) is -0.109. The van der Waals surface area contributed by atoms with Crippen molar-refractivity contribution in [2.75, 3.05) is 11.5 Å². The normalized spacial score (nSPS) is 20.2. The van der Waals surface area contributed by atoms with Gasteiger partial charge in [-0.3, -0.25) is 0 Å². The van der Waals surface area contributed by atoms with Gasteiger partial charge in [-0.05, 0) is 25.2 Å². The van der Waals surface area contributed by atoms with Gasteiger partial charge in [-0.1, -0.05) is 13.3 Å². The molecule has 0 saturated heterocycles. The second-order valence-corrected chi connectivity index (χ2v) is 6.20. The van der Waals surface area contributed by atoms with Crippen molar-refractivity contribution >= 4 is 9.84 Å². The first-order valence-corrected chi connectivity index (χ1v) is 6.83. The van der Waals surface area contributed by atoms with Crippen molar-refractivity contribution in [1.82, 2.24) is 0 Å². The van der Waals surface area contributed by atoms with Crippen LogP contribution in [0.2, 0.25) is 0 Å². The first kappa shape index (κ1) is 11.0. The van der Waals surface area contributed by atoms with Gasteiger partial charge < -0.3 is 5.73 Å². The molecule has 0 radical (unpaired) electrons. The third-order valence-corrected chi connectivity index (χ3v) is 4.29. The van der Waals surface area contributed by atoms with Gasteiger partial charge in [-0.15, -0.1) is 0 Å². The van der Waals surface area contributed by atoms with Crippen LogP contribution >= 0.6 is 0 Å². The molecule has 1 saturated carbocycles. The maximum Gasteiger partial charge on any atom is 0.151 e. The van der Waals surface area contributed by atoms with Crippen LogP contribution in [0.3, 0.4) is 0 Å². The highest BCUT2D eigenvalue weighted by Gasteiger charge is 2.31. The van der Waals surface area contributed by atoms with Crippen molar-refractivity contribution in [2.45, 2.75) is 38.6 Å². The Morgan fingerprint density at radius 1 is 1.46 bits per heavy atom. The molecule has 0 aromatic heterocycles. The Balaban J connectivity index is 2.31. The molecule has 1 aliphatic rings. The van der Waals surface area contributed by atoms with Crippen LogP contribution in [0, 0.1) is 5.92 Å². The van der Waals surface area contributed by atoms with Crippen LogP contribution in [0.25, 0.3) is 0 Å². The van der Waals surface area contributed by atoms with Crippen LogP contribution in [-0.2, 0) is 9.84 Å². The average molecular weight is 205 g/mol. The maximum absolute atomic E-state index is 11.5. The van der Waals surface area contributed by atoms with Gasteiger partial charge >= 0.3 is 0 Å². The Hall–Kier alpha value is -0.0900. The first-order chi connectivity index (χ1) is 6.05. The van der Waals surface area contributed by atoms with E-state index in [-0.39, 0.29) is 11.8 Å². The molecule has 0 aliphatic heterocycles. The number of hydrogen-bond acceptors (Lipinski definition) is 3. The summed E-state index contributed by atoms with van der Waals surface area (Å²) in [7, 11) is -2.87. The van der Waals surface area contributed by atoms with Crippen LogP contribution in [-0.4, -0.2) is 26.0 Å². The molecular formula is C9H19NO2S. The molecular weight excluding hydrogens is 186 g/mol. The Bertz CT molecular complexity index is 244. The van der Waals surface area contributed by atoms with Gasteiger partial charge in [0.25, 0.3) is 0 Å². The van der Waals surface area contributed by atoms with Gasteiger partial charge in [-0.25, -0.2) is 8.42 Å². The predicted octanol–water partition coefficient (Wildman–Crippen LogP) is 0.939. The maximum atomic E-state index is 11.5. The molecule has 1 rings (SSSR count). The van der Waals surface area contributed by atoms with E-state index in [4.69, 9.17) is 5.73 Å². The molecule has 13 heavy (non-hydrogen) atoms. The summed E-state index contributed by atoms with van der Waals surface area (Å²) in [5.41, 5.74) is 5.76. The zero-order chi connectivity index (χ0) is 9.90. The largest absolute Gasteiger partial charge is 0.327 e. The zero-order valence-electron chi connectivity index (χ0n) is 8.20. The molecule has 4 heteroatoms. The second kappa shape index (κ2) is 4.42. The zero-order valence-corrected chi connectivity index (χ0v) is 9.02. The highest BCUT2D eigenvalue weighted by atomic mass is 32.2. The molecule has 1 atom stereocenters. The fourth-order valence-corrected chi connectivity index (χ4v) is 3.16. The van der Waals surface area contributed by atoms with E-state index in [0.717, 1.165) is 25.7 Å². The molecule has 1 fully saturated rings. The van der Waals surface area contributed by atoms with Gasteiger partial charge in [-0.2, -0.15) is 0 Å². The van der Waals surface area contributed by atoms with E-state index in [2.05, 4.69) is 0 Å². The summed E-state index contributed by atoms with van der Waals surface area (Å²) in [6.07, 6.45) is 3.92. The number of rotatable bonds is 6. The molecule has 0 heterocycles. The van der Waals surface area contributed by atoms with Crippen molar-refractivity contribution in [3.05, 3.63) is 0 Å². The van der Waals surface area contributed by atoms with Gasteiger partial charge in [0.1, 0.15) is 0 Å².